The molecule has 4 amide bonds. The smallest absolute Gasteiger partial charge is 0.255 e. The number of carbonyl (C=O) groups excluding carboxylic acids is 4. The number of nitrogens with one attached hydrogen (secondary N) is 1. The third-order valence-electron chi connectivity index (χ3n) is 6.33. The van der Waals surface area contributed by atoms with Crippen LogP contribution in [-0.4, -0.2) is 46.6 Å². The predicted octanol–water partition coefficient (Wildman–Crippen LogP) is 2.65. The van der Waals surface area contributed by atoms with Gasteiger partial charge in [0.05, 0.1) is 5.69 Å². The third-order valence-corrected chi connectivity index (χ3v) is 6.33. The number of benzene rings is 2. The van der Waals surface area contributed by atoms with Crippen LogP contribution in [0, 0.1) is 0 Å². The Hall–Kier alpha value is -4.07. The van der Waals surface area contributed by atoms with Crippen molar-refractivity contribution in [2.45, 2.75) is 32.4 Å². The molecule has 33 heavy (non-hydrogen) atoms. The van der Waals surface area contributed by atoms with Gasteiger partial charge in [-0.05, 0) is 35.6 Å². The highest BCUT2D eigenvalue weighted by molar-refractivity contribution is 6.06. The third kappa shape index (κ3) is 3.53. The van der Waals surface area contributed by atoms with E-state index in [0.717, 1.165) is 21.9 Å². The standard InChI is InChI=1S/C25H22N4O4/c1-14(30)28(2)23-18-6-4-3-5-15(18)12-20(26-23)16-7-8-19-17(11-16)13-29(25(19)33)21-9-10-22(31)27-24(21)32/h3-8,11-12,21H,9-10,13H2,1-2H3,(H,27,31,32). The molecular formula is C25H22N4O4. The highest BCUT2D eigenvalue weighted by atomic mass is 16.2. The Bertz CT molecular complexity index is 1350. The number of anilines is 1. The van der Waals surface area contributed by atoms with Gasteiger partial charge in [-0.3, -0.25) is 29.4 Å². The maximum absolute atomic E-state index is 13.0. The molecule has 1 atom stereocenters. The molecule has 1 N–H and O–H groups in total. The van der Waals surface area contributed by atoms with Crippen LogP contribution in [-0.2, 0) is 20.9 Å². The number of pyridine rings is 1. The molecule has 2 aromatic carbocycles. The molecule has 3 aromatic rings. The second-order valence-corrected chi connectivity index (χ2v) is 8.40. The lowest BCUT2D eigenvalue weighted by atomic mass is 10.0. The Morgan fingerprint density at radius 2 is 1.91 bits per heavy atom. The monoisotopic (exact) mass is 442 g/mol. The maximum atomic E-state index is 13.0. The summed E-state index contributed by atoms with van der Waals surface area (Å²) in [6, 6.07) is 14.6. The number of hydrogen-bond acceptors (Lipinski definition) is 5. The van der Waals surface area contributed by atoms with Crippen LogP contribution in [0.15, 0.2) is 48.5 Å². The molecule has 0 saturated carbocycles. The molecule has 3 heterocycles. The molecule has 1 saturated heterocycles. The molecule has 1 fully saturated rings. The number of carbonyl (C=O) groups is 4. The van der Waals surface area contributed by atoms with E-state index < -0.39 is 11.9 Å². The molecule has 0 bridgehead atoms. The van der Waals surface area contributed by atoms with Crippen molar-refractivity contribution in [3.8, 4) is 11.3 Å². The van der Waals surface area contributed by atoms with Gasteiger partial charge in [-0.1, -0.05) is 30.3 Å². The minimum Gasteiger partial charge on any atom is -0.322 e. The van der Waals surface area contributed by atoms with E-state index in [1.54, 1.807) is 13.1 Å². The first-order chi connectivity index (χ1) is 15.8. The van der Waals surface area contributed by atoms with Gasteiger partial charge >= 0.3 is 0 Å². The summed E-state index contributed by atoms with van der Waals surface area (Å²) in [6.45, 7) is 1.79. The lowest BCUT2D eigenvalue weighted by molar-refractivity contribution is -0.137. The van der Waals surface area contributed by atoms with Crippen molar-refractivity contribution in [2.75, 3.05) is 11.9 Å². The topological polar surface area (TPSA) is 99.7 Å². The minimum atomic E-state index is -0.652. The van der Waals surface area contributed by atoms with Gasteiger partial charge in [0.25, 0.3) is 5.91 Å². The van der Waals surface area contributed by atoms with Crippen LogP contribution in [0.2, 0.25) is 0 Å². The Morgan fingerprint density at radius 3 is 2.67 bits per heavy atom. The Labute approximate surface area is 190 Å². The van der Waals surface area contributed by atoms with Crippen molar-refractivity contribution in [1.29, 1.82) is 0 Å². The molecule has 1 aromatic heterocycles. The van der Waals surface area contributed by atoms with E-state index in [1.165, 1.54) is 16.7 Å². The molecule has 5 rings (SSSR count). The molecule has 1 unspecified atom stereocenters. The number of imide groups is 1. The van der Waals surface area contributed by atoms with Gasteiger partial charge in [-0.2, -0.15) is 0 Å². The predicted molar refractivity (Wildman–Crippen MR) is 122 cm³/mol. The molecule has 166 valence electrons. The lowest BCUT2D eigenvalue weighted by Crippen LogP contribution is -2.52. The van der Waals surface area contributed by atoms with Crippen LogP contribution in [0.5, 0.6) is 0 Å². The number of amides is 4. The summed E-state index contributed by atoms with van der Waals surface area (Å²) in [6.07, 6.45) is 0.541. The van der Waals surface area contributed by atoms with E-state index in [4.69, 9.17) is 4.98 Å². The second kappa shape index (κ2) is 7.81. The lowest BCUT2D eigenvalue weighted by Gasteiger charge is -2.29. The fraction of sp³-hybridized carbons (Fsp3) is 0.240. The van der Waals surface area contributed by atoms with Crippen LogP contribution in [0.4, 0.5) is 5.82 Å². The molecule has 0 spiro atoms. The zero-order valence-electron chi connectivity index (χ0n) is 18.3. The van der Waals surface area contributed by atoms with Gasteiger partial charge in [0.2, 0.25) is 17.7 Å². The van der Waals surface area contributed by atoms with E-state index in [-0.39, 0.29) is 24.1 Å². The number of aromatic nitrogens is 1. The molecule has 2 aliphatic heterocycles. The van der Waals surface area contributed by atoms with Crippen LogP contribution in [0.25, 0.3) is 22.0 Å². The number of piperidine rings is 1. The molecule has 2 aliphatic rings. The summed E-state index contributed by atoms with van der Waals surface area (Å²) in [7, 11) is 1.69. The minimum absolute atomic E-state index is 0.121. The largest absolute Gasteiger partial charge is 0.322 e. The van der Waals surface area contributed by atoms with E-state index >= 15 is 0 Å². The second-order valence-electron chi connectivity index (χ2n) is 8.40. The Morgan fingerprint density at radius 1 is 1.12 bits per heavy atom. The van der Waals surface area contributed by atoms with Crippen LogP contribution in [0.1, 0.15) is 35.7 Å². The molecule has 0 radical (unpaired) electrons. The van der Waals surface area contributed by atoms with Gasteiger partial charge < -0.3 is 4.90 Å². The Balaban J connectivity index is 1.52. The summed E-state index contributed by atoms with van der Waals surface area (Å²) in [5.41, 5.74) is 2.85. The highest BCUT2D eigenvalue weighted by Gasteiger charge is 2.39. The quantitative estimate of drug-likeness (QED) is 0.629. The van der Waals surface area contributed by atoms with Crippen LogP contribution >= 0.6 is 0 Å². The molecule has 8 nitrogen and oxygen atoms in total. The van der Waals surface area contributed by atoms with Crippen molar-refractivity contribution in [3.05, 3.63) is 59.7 Å². The van der Waals surface area contributed by atoms with Crippen molar-refractivity contribution >= 4 is 40.2 Å². The van der Waals surface area contributed by atoms with Gasteiger partial charge in [0.1, 0.15) is 11.9 Å². The average Bonchev–Trinajstić information content (AvgIpc) is 3.13. The SMILES string of the molecule is CC(=O)N(C)c1nc(-c2ccc3c(c2)CN(C2CCC(=O)NC2=O)C3=O)cc2ccccc12. The maximum Gasteiger partial charge on any atom is 0.255 e. The summed E-state index contributed by atoms with van der Waals surface area (Å²) < 4.78 is 0. The van der Waals surface area contributed by atoms with Gasteiger partial charge in [-0.15, -0.1) is 0 Å². The summed E-state index contributed by atoms with van der Waals surface area (Å²) in [5.74, 6) is -0.506. The van der Waals surface area contributed by atoms with Crippen molar-refractivity contribution in [3.63, 3.8) is 0 Å². The number of rotatable bonds is 3. The van der Waals surface area contributed by atoms with Crippen LogP contribution < -0.4 is 10.2 Å². The first-order valence-corrected chi connectivity index (χ1v) is 10.8. The number of fused-ring (bicyclic) bond motifs is 2. The zero-order chi connectivity index (χ0) is 23.3. The van der Waals surface area contributed by atoms with Crippen molar-refractivity contribution < 1.29 is 19.2 Å². The normalized spacial score (nSPS) is 17.8. The number of nitrogens with zero attached hydrogens (tertiary/aromatic N) is 3. The van der Waals surface area contributed by atoms with Crippen molar-refractivity contribution in [1.82, 2.24) is 15.2 Å². The van der Waals surface area contributed by atoms with Gasteiger partial charge in [0.15, 0.2) is 0 Å². The first kappa shape index (κ1) is 20.8. The molecule has 8 heteroatoms. The fourth-order valence-electron chi connectivity index (χ4n) is 4.47. The zero-order valence-corrected chi connectivity index (χ0v) is 18.3. The van der Waals surface area contributed by atoms with E-state index in [9.17, 15) is 19.2 Å². The first-order valence-electron chi connectivity index (χ1n) is 10.8. The van der Waals surface area contributed by atoms with Gasteiger partial charge in [-0.25, -0.2) is 4.98 Å². The summed E-state index contributed by atoms with van der Waals surface area (Å²) in [4.78, 5) is 56.6. The van der Waals surface area contributed by atoms with E-state index in [1.807, 2.05) is 42.5 Å². The summed E-state index contributed by atoms with van der Waals surface area (Å²) >= 11 is 0. The Kier molecular flexibility index (Phi) is 4.92. The van der Waals surface area contributed by atoms with Crippen molar-refractivity contribution in [2.24, 2.45) is 0 Å². The molecular weight excluding hydrogens is 420 g/mol. The van der Waals surface area contributed by atoms with E-state index in [0.29, 0.717) is 30.0 Å². The van der Waals surface area contributed by atoms with E-state index in [2.05, 4.69) is 5.32 Å². The fourth-order valence-corrected chi connectivity index (χ4v) is 4.47. The van der Waals surface area contributed by atoms with Gasteiger partial charge in [0, 0.05) is 43.5 Å². The molecule has 0 aliphatic carbocycles. The summed E-state index contributed by atoms with van der Waals surface area (Å²) in [5, 5.41) is 4.15. The number of hydrogen-bond donors (Lipinski definition) is 1. The van der Waals surface area contributed by atoms with Crippen LogP contribution in [0.3, 0.4) is 0 Å². The highest BCUT2D eigenvalue weighted by Crippen LogP contribution is 2.33. The average molecular weight is 442 g/mol.